The maximum Gasteiger partial charge on any atom is 0.337 e. The minimum absolute atomic E-state index is 0.167. The number of hydrogen-bond acceptors (Lipinski definition) is 4. The number of esters is 1. The van der Waals surface area contributed by atoms with Crippen LogP contribution in [-0.4, -0.2) is 37.2 Å². The molecule has 3 rings (SSSR count). The smallest absolute Gasteiger partial charge is 0.337 e. The van der Waals surface area contributed by atoms with Gasteiger partial charge in [0.25, 0.3) is 0 Å². The molecule has 0 heterocycles. The maximum atomic E-state index is 13.9. The van der Waals surface area contributed by atoms with E-state index in [0.717, 1.165) is 12.8 Å². The summed E-state index contributed by atoms with van der Waals surface area (Å²) < 4.78 is 24.4. The Morgan fingerprint density at radius 2 is 2.00 bits per heavy atom. The normalized spacial score (nSPS) is 13.7. The second kappa shape index (κ2) is 8.12. The third kappa shape index (κ3) is 4.79. The van der Waals surface area contributed by atoms with E-state index in [1.165, 1.54) is 13.2 Å². The van der Waals surface area contributed by atoms with Gasteiger partial charge in [0.05, 0.1) is 12.7 Å². The lowest BCUT2D eigenvalue weighted by Gasteiger charge is -2.22. The third-order valence-corrected chi connectivity index (χ3v) is 4.30. The highest BCUT2D eigenvalue weighted by Crippen LogP contribution is 2.28. The van der Waals surface area contributed by atoms with Gasteiger partial charge in [-0.2, -0.15) is 0 Å². The van der Waals surface area contributed by atoms with Crippen LogP contribution in [-0.2, 0) is 11.3 Å². The van der Waals surface area contributed by atoms with Gasteiger partial charge in [0, 0.05) is 24.7 Å². The molecule has 0 spiro atoms. The zero-order valence-corrected chi connectivity index (χ0v) is 14.3. The zero-order valence-electron chi connectivity index (χ0n) is 14.3. The van der Waals surface area contributed by atoms with Gasteiger partial charge in [0.15, 0.2) is 0 Å². The molecule has 25 heavy (non-hydrogen) atoms. The van der Waals surface area contributed by atoms with Crippen molar-refractivity contribution < 1.29 is 18.7 Å². The molecule has 0 aromatic heterocycles. The lowest BCUT2D eigenvalue weighted by Crippen LogP contribution is -2.30. The lowest BCUT2D eigenvalue weighted by atomic mass is 10.2. The van der Waals surface area contributed by atoms with Gasteiger partial charge in [0.2, 0.25) is 0 Å². The minimum Gasteiger partial charge on any atom is -0.492 e. The molecule has 4 nitrogen and oxygen atoms in total. The second-order valence-corrected chi connectivity index (χ2v) is 6.16. The molecule has 0 bridgehead atoms. The highest BCUT2D eigenvalue weighted by molar-refractivity contribution is 5.89. The molecular formula is C20H22FNO3. The first kappa shape index (κ1) is 17.4. The molecule has 1 aliphatic rings. The fraction of sp³-hybridized carbons (Fsp3) is 0.350. The van der Waals surface area contributed by atoms with Gasteiger partial charge in [-0.05, 0) is 37.1 Å². The molecule has 0 N–H and O–H groups in total. The summed E-state index contributed by atoms with van der Waals surface area (Å²) >= 11 is 0. The molecule has 0 radical (unpaired) electrons. The molecule has 1 aliphatic carbocycles. The lowest BCUT2D eigenvalue weighted by molar-refractivity contribution is 0.0600. The summed E-state index contributed by atoms with van der Waals surface area (Å²) in [5.74, 6) is 0.0778. The van der Waals surface area contributed by atoms with Crippen molar-refractivity contribution in [2.75, 3.05) is 20.3 Å². The van der Waals surface area contributed by atoms with Gasteiger partial charge in [-0.3, -0.25) is 4.90 Å². The highest BCUT2D eigenvalue weighted by Gasteiger charge is 2.29. The molecule has 0 atom stereocenters. The van der Waals surface area contributed by atoms with Crippen molar-refractivity contribution >= 4 is 5.97 Å². The largest absolute Gasteiger partial charge is 0.492 e. The van der Waals surface area contributed by atoms with Gasteiger partial charge < -0.3 is 9.47 Å². The van der Waals surface area contributed by atoms with Crippen LogP contribution < -0.4 is 4.74 Å². The molecular weight excluding hydrogens is 321 g/mol. The van der Waals surface area contributed by atoms with E-state index >= 15 is 0 Å². The number of ether oxygens (including phenoxy) is 2. The number of carbonyl (C=O) groups excluding carboxylic acids is 1. The van der Waals surface area contributed by atoms with Gasteiger partial charge >= 0.3 is 5.97 Å². The van der Waals surface area contributed by atoms with Crippen molar-refractivity contribution in [1.82, 2.24) is 4.90 Å². The SMILES string of the molecule is COC(=O)c1cccc(OCCN(Cc2ccccc2F)C2CC2)c1. The van der Waals surface area contributed by atoms with Gasteiger partial charge in [0.1, 0.15) is 18.2 Å². The average Bonchev–Trinajstić information content (AvgIpc) is 3.47. The Kier molecular flexibility index (Phi) is 5.66. The monoisotopic (exact) mass is 343 g/mol. The quantitative estimate of drug-likeness (QED) is 0.686. The zero-order chi connectivity index (χ0) is 17.6. The number of rotatable bonds is 8. The number of carbonyl (C=O) groups is 1. The summed E-state index contributed by atoms with van der Waals surface area (Å²) in [5, 5.41) is 0. The second-order valence-electron chi connectivity index (χ2n) is 6.16. The van der Waals surface area contributed by atoms with Crippen LogP contribution in [0.2, 0.25) is 0 Å². The van der Waals surface area contributed by atoms with Crippen molar-refractivity contribution in [2.45, 2.75) is 25.4 Å². The summed E-state index contributed by atoms with van der Waals surface area (Å²) in [6.45, 7) is 1.78. The molecule has 2 aromatic carbocycles. The van der Waals surface area contributed by atoms with Gasteiger partial charge in [-0.25, -0.2) is 9.18 Å². The standard InChI is InChI=1S/C20H22FNO3/c1-24-20(23)15-6-4-7-18(13-15)25-12-11-22(17-9-10-17)14-16-5-2-3-8-19(16)21/h2-8,13,17H,9-12,14H2,1H3. The molecule has 0 amide bonds. The Morgan fingerprint density at radius 3 is 2.72 bits per heavy atom. The summed E-state index contributed by atoms with van der Waals surface area (Å²) in [4.78, 5) is 13.8. The fourth-order valence-corrected chi connectivity index (χ4v) is 2.79. The Hall–Kier alpha value is -2.40. The molecule has 132 valence electrons. The molecule has 5 heteroatoms. The van der Waals surface area contributed by atoms with Crippen LogP contribution in [0.5, 0.6) is 5.75 Å². The van der Waals surface area contributed by atoms with Crippen molar-refractivity contribution in [2.24, 2.45) is 0 Å². The Morgan fingerprint density at radius 1 is 1.20 bits per heavy atom. The van der Waals surface area contributed by atoms with Crippen LogP contribution in [0.1, 0.15) is 28.8 Å². The predicted octanol–water partition coefficient (Wildman–Crippen LogP) is 3.66. The van der Waals surface area contributed by atoms with Crippen molar-refractivity contribution in [1.29, 1.82) is 0 Å². The van der Waals surface area contributed by atoms with Crippen LogP contribution in [0.15, 0.2) is 48.5 Å². The van der Waals surface area contributed by atoms with Crippen LogP contribution in [0.25, 0.3) is 0 Å². The average molecular weight is 343 g/mol. The van der Waals surface area contributed by atoms with E-state index in [9.17, 15) is 9.18 Å². The first-order valence-electron chi connectivity index (χ1n) is 8.46. The third-order valence-electron chi connectivity index (χ3n) is 4.30. The number of methoxy groups -OCH3 is 1. The predicted molar refractivity (Wildman–Crippen MR) is 93.1 cm³/mol. The number of benzene rings is 2. The summed E-state index contributed by atoms with van der Waals surface area (Å²) in [6, 6.07) is 14.3. The van der Waals surface area contributed by atoms with Crippen molar-refractivity contribution in [3.63, 3.8) is 0 Å². The minimum atomic E-state index is -0.385. The molecule has 2 aromatic rings. The van der Waals surface area contributed by atoms with E-state index in [1.807, 2.05) is 18.2 Å². The van der Waals surface area contributed by atoms with Crippen LogP contribution >= 0.6 is 0 Å². The first-order chi connectivity index (χ1) is 12.2. The van der Waals surface area contributed by atoms with Crippen molar-refractivity contribution in [3.8, 4) is 5.75 Å². The molecule has 1 fully saturated rings. The summed E-state index contributed by atoms with van der Waals surface area (Å²) in [5.41, 5.74) is 1.17. The summed E-state index contributed by atoms with van der Waals surface area (Å²) in [6.07, 6.45) is 2.29. The highest BCUT2D eigenvalue weighted by atomic mass is 19.1. The van der Waals surface area contributed by atoms with E-state index in [4.69, 9.17) is 9.47 Å². The first-order valence-corrected chi connectivity index (χ1v) is 8.46. The van der Waals surface area contributed by atoms with E-state index in [-0.39, 0.29) is 11.8 Å². The number of nitrogens with zero attached hydrogens (tertiary/aromatic N) is 1. The molecule has 0 aliphatic heterocycles. The maximum absolute atomic E-state index is 13.9. The van der Waals surface area contributed by atoms with E-state index in [1.54, 1.807) is 24.3 Å². The fourth-order valence-electron chi connectivity index (χ4n) is 2.79. The van der Waals surface area contributed by atoms with E-state index in [2.05, 4.69) is 4.90 Å². The van der Waals surface area contributed by atoms with Crippen LogP contribution in [0.4, 0.5) is 4.39 Å². The Labute approximate surface area is 147 Å². The van der Waals surface area contributed by atoms with Crippen LogP contribution in [0, 0.1) is 5.82 Å². The van der Waals surface area contributed by atoms with Crippen molar-refractivity contribution in [3.05, 3.63) is 65.5 Å². The Balaban J connectivity index is 1.56. The van der Waals surface area contributed by atoms with E-state index in [0.29, 0.717) is 42.6 Å². The Bertz CT molecular complexity index is 730. The molecule has 0 unspecified atom stereocenters. The summed E-state index contributed by atoms with van der Waals surface area (Å²) in [7, 11) is 1.35. The number of halogens is 1. The number of hydrogen-bond donors (Lipinski definition) is 0. The van der Waals surface area contributed by atoms with Gasteiger partial charge in [-0.15, -0.1) is 0 Å². The molecule has 1 saturated carbocycles. The van der Waals surface area contributed by atoms with Crippen LogP contribution in [0.3, 0.4) is 0 Å². The van der Waals surface area contributed by atoms with E-state index < -0.39 is 0 Å². The molecule has 0 saturated heterocycles. The topological polar surface area (TPSA) is 38.8 Å². The van der Waals surface area contributed by atoms with Gasteiger partial charge in [-0.1, -0.05) is 24.3 Å².